The molecule has 5 heteroatoms. The Morgan fingerprint density at radius 2 is 2.00 bits per heavy atom. The summed E-state index contributed by atoms with van der Waals surface area (Å²) in [7, 11) is 0. The van der Waals surface area contributed by atoms with E-state index < -0.39 is 12.0 Å². The number of aliphatic carboxylic acids is 1. The van der Waals surface area contributed by atoms with Crippen LogP contribution in [0, 0.1) is 5.92 Å². The van der Waals surface area contributed by atoms with E-state index in [1.54, 1.807) is 0 Å². The molecule has 0 heterocycles. The molecule has 0 aliphatic carbocycles. The molecule has 18 heavy (non-hydrogen) atoms. The molecule has 0 aromatic heterocycles. The van der Waals surface area contributed by atoms with E-state index in [0.717, 1.165) is 12.1 Å². The van der Waals surface area contributed by atoms with E-state index in [4.69, 9.17) is 12.2 Å². The third-order valence-electron chi connectivity index (χ3n) is 2.79. The standard InChI is InChI=1S/C13H18N2O2S/c1-3-9(2)11(12(16)17)15-13(18)14-10-7-5-4-6-8-10/h4-9,11H,3H2,1-2H3,(H,16,17)(H2,14,15,18)/p-1/t9-,11+/m1/s1. The Morgan fingerprint density at radius 3 is 2.50 bits per heavy atom. The summed E-state index contributed by atoms with van der Waals surface area (Å²) < 4.78 is 0. The van der Waals surface area contributed by atoms with Crippen molar-refractivity contribution < 1.29 is 9.90 Å². The Labute approximate surface area is 112 Å². The molecule has 0 saturated carbocycles. The normalized spacial score (nSPS) is 13.4. The van der Waals surface area contributed by atoms with Crippen molar-refractivity contribution in [3.63, 3.8) is 0 Å². The Bertz CT molecular complexity index is 409. The second-order valence-electron chi connectivity index (χ2n) is 4.15. The quantitative estimate of drug-likeness (QED) is 0.782. The van der Waals surface area contributed by atoms with Gasteiger partial charge in [-0.15, -0.1) is 0 Å². The third-order valence-corrected chi connectivity index (χ3v) is 3.01. The molecule has 4 nitrogen and oxygen atoms in total. The van der Waals surface area contributed by atoms with Crippen LogP contribution in [0.2, 0.25) is 0 Å². The van der Waals surface area contributed by atoms with Gasteiger partial charge >= 0.3 is 0 Å². The van der Waals surface area contributed by atoms with Crippen LogP contribution in [-0.4, -0.2) is 17.1 Å². The zero-order valence-corrected chi connectivity index (χ0v) is 11.3. The molecule has 2 N–H and O–H groups in total. The van der Waals surface area contributed by atoms with Crippen molar-refractivity contribution in [3.8, 4) is 0 Å². The van der Waals surface area contributed by atoms with Crippen molar-refractivity contribution in [1.29, 1.82) is 0 Å². The van der Waals surface area contributed by atoms with Crippen molar-refractivity contribution in [2.45, 2.75) is 26.3 Å². The lowest BCUT2D eigenvalue weighted by Gasteiger charge is -2.26. The van der Waals surface area contributed by atoms with Crippen molar-refractivity contribution in [1.82, 2.24) is 5.32 Å². The van der Waals surface area contributed by atoms with Gasteiger partial charge in [0.05, 0.1) is 12.0 Å². The second-order valence-corrected chi connectivity index (χ2v) is 4.55. The maximum Gasteiger partial charge on any atom is 0.171 e. The number of carbonyl (C=O) groups excluding carboxylic acids is 1. The molecular weight excluding hydrogens is 248 g/mol. The number of carbonyl (C=O) groups is 1. The molecule has 0 aliphatic rings. The van der Waals surface area contributed by atoms with E-state index in [1.165, 1.54) is 0 Å². The highest BCUT2D eigenvalue weighted by atomic mass is 32.1. The van der Waals surface area contributed by atoms with Gasteiger partial charge in [0.15, 0.2) is 5.11 Å². The van der Waals surface area contributed by atoms with Crippen LogP contribution >= 0.6 is 12.2 Å². The SMILES string of the molecule is CC[C@@H](C)[C@H](NC(=S)Nc1ccccc1)C(=O)[O-]. The zero-order valence-electron chi connectivity index (χ0n) is 10.5. The summed E-state index contributed by atoms with van der Waals surface area (Å²) in [5.41, 5.74) is 0.816. The van der Waals surface area contributed by atoms with Crippen LogP contribution in [0.15, 0.2) is 30.3 Å². The molecule has 98 valence electrons. The lowest BCUT2D eigenvalue weighted by Crippen LogP contribution is -2.52. The predicted octanol–water partition coefficient (Wildman–Crippen LogP) is 1.14. The van der Waals surface area contributed by atoms with E-state index in [2.05, 4.69) is 10.6 Å². The van der Waals surface area contributed by atoms with E-state index >= 15 is 0 Å². The highest BCUT2D eigenvalue weighted by Gasteiger charge is 2.17. The molecule has 0 radical (unpaired) electrons. The third kappa shape index (κ3) is 4.33. The fraction of sp³-hybridized carbons (Fsp3) is 0.385. The number of hydrogen-bond acceptors (Lipinski definition) is 3. The Morgan fingerprint density at radius 1 is 1.39 bits per heavy atom. The monoisotopic (exact) mass is 265 g/mol. The van der Waals surface area contributed by atoms with E-state index in [1.807, 2.05) is 44.2 Å². The molecule has 2 atom stereocenters. The largest absolute Gasteiger partial charge is 0.548 e. The van der Waals surface area contributed by atoms with Gasteiger partial charge in [0.2, 0.25) is 0 Å². The summed E-state index contributed by atoms with van der Waals surface area (Å²) in [5, 5.41) is 17.0. The van der Waals surface area contributed by atoms with Crippen molar-refractivity contribution in [2.24, 2.45) is 5.92 Å². The summed E-state index contributed by atoms with van der Waals surface area (Å²) in [6.45, 7) is 3.77. The first kappa shape index (κ1) is 14.4. The molecular formula is C13H17N2O2S-. The molecule has 1 aromatic rings. The number of anilines is 1. The lowest BCUT2D eigenvalue weighted by atomic mass is 10.00. The van der Waals surface area contributed by atoms with Gasteiger partial charge in [0, 0.05) is 5.69 Å². The molecule has 0 saturated heterocycles. The van der Waals surface area contributed by atoms with Gasteiger partial charge in [-0.3, -0.25) is 0 Å². The van der Waals surface area contributed by atoms with Crippen LogP contribution in [-0.2, 0) is 4.79 Å². The van der Waals surface area contributed by atoms with Crippen LogP contribution in [0.3, 0.4) is 0 Å². The average Bonchev–Trinajstić information content (AvgIpc) is 2.36. The number of nitrogens with one attached hydrogen (secondary N) is 2. The summed E-state index contributed by atoms with van der Waals surface area (Å²) in [4.78, 5) is 11.0. The first-order valence-corrected chi connectivity index (χ1v) is 6.28. The predicted molar refractivity (Wildman–Crippen MR) is 74.0 cm³/mol. The number of carboxylic acids is 1. The molecule has 0 spiro atoms. The van der Waals surface area contributed by atoms with Crippen molar-refractivity contribution in [2.75, 3.05) is 5.32 Å². The van der Waals surface area contributed by atoms with Gasteiger partial charge in [-0.1, -0.05) is 38.5 Å². The molecule has 0 amide bonds. The van der Waals surface area contributed by atoms with Gasteiger partial charge in [-0.05, 0) is 30.3 Å². The van der Waals surface area contributed by atoms with E-state index in [-0.39, 0.29) is 11.0 Å². The molecule has 1 rings (SSSR count). The Balaban J connectivity index is 2.60. The number of carboxylic acid groups (broad SMARTS) is 1. The van der Waals surface area contributed by atoms with Gasteiger partial charge in [0.1, 0.15) is 0 Å². The molecule has 1 aromatic carbocycles. The van der Waals surface area contributed by atoms with Crippen LogP contribution in [0.1, 0.15) is 20.3 Å². The van der Waals surface area contributed by atoms with Gasteiger partial charge in [-0.25, -0.2) is 0 Å². The highest BCUT2D eigenvalue weighted by Crippen LogP contribution is 2.09. The number of rotatable bonds is 5. The number of hydrogen-bond donors (Lipinski definition) is 2. The summed E-state index contributed by atoms with van der Waals surface area (Å²) in [6, 6.07) is 8.56. The second kappa shape index (κ2) is 6.96. The maximum atomic E-state index is 11.0. The smallest absolute Gasteiger partial charge is 0.171 e. The molecule has 0 bridgehead atoms. The van der Waals surface area contributed by atoms with Gasteiger partial charge in [0.25, 0.3) is 0 Å². The Hall–Kier alpha value is -1.62. The highest BCUT2D eigenvalue weighted by molar-refractivity contribution is 7.80. The van der Waals surface area contributed by atoms with Crippen LogP contribution in [0.4, 0.5) is 5.69 Å². The minimum absolute atomic E-state index is 0.0504. The summed E-state index contributed by atoms with van der Waals surface area (Å²) in [5.74, 6) is -1.19. The number of thiocarbonyl (C=S) groups is 1. The number of para-hydroxylation sites is 1. The van der Waals surface area contributed by atoms with Crippen molar-refractivity contribution in [3.05, 3.63) is 30.3 Å². The van der Waals surface area contributed by atoms with Crippen LogP contribution < -0.4 is 15.7 Å². The van der Waals surface area contributed by atoms with E-state index in [0.29, 0.717) is 0 Å². The van der Waals surface area contributed by atoms with Gasteiger partial charge in [-0.2, -0.15) is 0 Å². The number of benzene rings is 1. The maximum absolute atomic E-state index is 11.0. The molecule has 0 fully saturated rings. The fourth-order valence-electron chi connectivity index (χ4n) is 1.50. The fourth-order valence-corrected chi connectivity index (χ4v) is 1.74. The topological polar surface area (TPSA) is 64.2 Å². The minimum atomic E-state index is -1.14. The first-order valence-electron chi connectivity index (χ1n) is 5.88. The van der Waals surface area contributed by atoms with E-state index in [9.17, 15) is 9.90 Å². The van der Waals surface area contributed by atoms with Gasteiger partial charge < -0.3 is 20.5 Å². The first-order chi connectivity index (χ1) is 8.54. The lowest BCUT2D eigenvalue weighted by molar-refractivity contribution is -0.309. The zero-order chi connectivity index (χ0) is 13.5. The Kier molecular flexibility index (Phi) is 5.58. The minimum Gasteiger partial charge on any atom is -0.548 e. The molecule has 0 aliphatic heterocycles. The van der Waals surface area contributed by atoms with Crippen molar-refractivity contribution >= 4 is 29.0 Å². The van der Waals surface area contributed by atoms with Crippen LogP contribution in [0.5, 0.6) is 0 Å². The van der Waals surface area contributed by atoms with Crippen LogP contribution in [0.25, 0.3) is 0 Å². The summed E-state index contributed by atoms with van der Waals surface area (Å²) >= 11 is 5.09. The summed E-state index contributed by atoms with van der Waals surface area (Å²) in [6.07, 6.45) is 0.736. The molecule has 0 unspecified atom stereocenters. The average molecular weight is 265 g/mol.